The molecule has 1 N–H and O–H groups in total. The summed E-state index contributed by atoms with van der Waals surface area (Å²) in [6, 6.07) is 19.5. The van der Waals surface area contributed by atoms with E-state index in [1.54, 1.807) is 48.1 Å². The lowest BCUT2D eigenvalue weighted by atomic mass is 9.67. The maximum absolute atomic E-state index is 13.2. The molecule has 2 saturated carbocycles. The van der Waals surface area contributed by atoms with Gasteiger partial charge in [0.2, 0.25) is 0 Å². The fraction of sp³-hybridized carbons (Fsp3) is 0.404. The van der Waals surface area contributed by atoms with Crippen molar-refractivity contribution in [2.75, 3.05) is 24.6 Å². The Morgan fingerprint density at radius 2 is 1.84 bits per heavy atom. The quantitative estimate of drug-likeness (QED) is 0.141. The fourth-order valence-corrected chi connectivity index (χ4v) is 11.1. The highest BCUT2D eigenvalue weighted by atomic mass is 35.5. The van der Waals surface area contributed by atoms with Crippen LogP contribution in [0.5, 0.6) is 5.75 Å². The van der Waals surface area contributed by atoms with Gasteiger partial charge in [-0.1, -0.05) is 35.9 Å². The van der Waals surface area contributed by atoms with Crippen LogP contribution in [0.2, 0.25) is 5.02 Å². The lowest BCUT2D eigenvalue weighted by Gasteiger charge is -2.52. The number of fused-ring (bicyclic) bond motifs is 3. The van der Waals surface area contributed by atoms with Crippen LogP contribution >= 0.6 is 22.9 Å². The zero-order valence-corrected chi connectivity index (χ0v) is 37.0. The number of morpholine rings is 1. The first-order valence-corrected chi connectivity index (χ1v) is 22.8. The first-order valence-electron chi connectivity index (χ1n) is 21.6. The van der Waals surface area contributed by atoms with E-state index in [1.807, 2.05) is 13.0 Å². The van der Waals surface area contributed by atoms with E-state index in [9.17, 15) is 4.79 Å². The summed E-state index contributed by atoms with van der Waals surface area (Å²) in [5.74, 6) is 3.93. The summed E-state index contributed by atoms with van der Waals surface area (Å²) in [6.07, 6.45) is 9.85. The zero-order valence-electron chi connectivity index (χ0n) is 35.4. The van der Waals surface area contributed by atoms with E-state index in [1.165, 1.54) is 16.0 Å². The van der Waals surface area contributed by atoms with Gasteiger partial charge >= 0.3 is 0 Å². The number of amides is 1. The molecule has 2 aliphatic carbocycles. The second kappa shape index (κ2) is 17.0. The van der Waals surface area contributed by atoms with E-state index in [0.29, 0.717) is 46.9 Å². The van der Waals surface area contributed by atoms with E-state index in [4.69, 9.17) is 35.7 Å². The SMILES string of the molecule is Cc1sc2c(c1C)C(c1ccc(C[C@H]3C[C@@]4(CN(c5ccc(C(=O)N[C@H]6CC[C@H](Oc7ccc(C#N)c(Cl)c7)CC6)nn5)CCO4)C3)cc1)=N[C@@H](Cc1ncco1)c1nnc(C)n1-2. The normalized spacial score (nSPS) is 22.9. The van der Waals surface area contributed by atoms with Crippen LogP contribution in [0.4, 0.5) is 5.82 Å². The number of anilines is 1. The van der Waals surface area contributed by atoms with Crippen molar-refractivity contribution in [3.8, 4) is 16.8 Å². The molecule has 2 aromatic carbocycles. The second-order valence-corrected chi connectivity index (χ2v) is 18.9. The van der Waals surface area contributed by atoms with Gasteiger partial charge in [-0.25, -0.2) is 4.98 Å². The smallest absolute Gasteiger partial charge is 0.272 e. The topological polar surface area (TPSA) is 169 Å². The summed E-state index contributed by atoms with van der Waals surface area (Å²) in [7, 11) is 0. The van der Waals surface area contributed by atoms with Crippen LogP contribution in [-0.2, 0) is 17.6 Å². The molecular formula is C47H47ClN10O4S. The molecule has 3 fully saturated rings. The van der Waals surface area contributed by atoms with Gasteiger partial charge in [0.05, 0.1) is 47.2 Å². The molecule has 14 nitrogen and oxygen atoms in total. The molecule has 1 spiro atoms. The number of aryl methyl sites for hydroxylation is 2. The third kappa shape index (κ3) is 8.23. The summed E-state index contributed by atoms with van der Waals surface area (Å²) in [5, 5.41) is 31.7. The molecule has 16 heteroatoms. The van der Waals surface area contributed by atoms with Crippen molar-refractivity contribution in [1.29, 1.82) is 5.26 Å². The third-order valence-electron chi connectivity index (χ3n) is 13.0. The molecule has 0 radical (unpaired) electrons. The number of carbonyl (C=O) groups is 1. The molecule has 1 atom stereocenters. The van der Waals surface area contributed by atoms with Crippen LogP contribution in [0.3, 0.4) is 0 Å². The molecule has 322 valence electrons. The molecule has 1 saturated heterocycles. The number of rotatable bonds is 10. The number of aromatic nitrogens is 6. The monoisotopic (exact) mass is 882 g/mol. The van der Waals surface area contributed by atoms with Crippen molar-refractivity contribution < 1.29 is 18.7 Å². The maximum Gasteiger partial charge on any atom is 0.272 e. The van der Waals surface area contributed by atoms with Gasteiger partial charge in [0.15, 0.2) is 23.2 Å². The van der Waals surface area contributed by atoms with E-state index < -0.39 is 0 Å². The largest absolute Gasteiger partial charge is 0.490 e. The molecule has 10 rings (SSSR count). The summed E-state index contributed by atoms with van der Waals surface area (Å²) in [4.78, 5) is 26.4. The lowest BCUT2D eigenvalue weighted by molar-refractivity contribution is -0.134. The summed E-state index contributed by atoms with van der Waals surface area (Å²) in [5.41, 5.74) is 6.16. The Labute approximate surface area is 374 Å². The Hall–Kier alpha value is -5.95. The second-order valence-electron chi connectivity index (χ2n) is 17.3. The molecule has 4 aromatic heterocycles. The van der Waals surface area contributed by atoms with Crippen molar-refractivity contribution in [3.05, 3.63) is 128 Å². The number of thiophene rings is 1. The first-order chi connectivity index (χ1) is 30.6. The van der Waals surface area contributed by atoms with Gasteiger partial charge < -0.3 is 24.1 Å². The number of benzene rings is 2. The van der Waals surface area contributed by atoms with E-state index in [2.05, 4.69) is 84.3 Å². The average molecular weight is 883 g/mol. The van der Waals surface area contributed by atoms with Gasteiger partial charge in [0.1, 0.15) is 34.9 Å². The number of hydrogen-bond donors (Lipinski definition) is 1. The number of oxazole rings is 1. The Bertz CT molecular complexity index is 2710. The minimum Gasteiger partial charge on any atom is -0.490 e. The van der Waals surface area contributed by atoms with E-state index in [-0.39, 0.29) is 29.7 Å². The number of ether oxygens (including phenoxy) is 2. The average Bonchev–Trinajstić information content (AvgIpc) is 3.99. The molecule has 1 amide bonds. The minimum atomic E-state index is -0.310. The van der Waals surface area contributed by atoms with Crippen LogP contribution in [0, 0.1) is 38.0 Å². The Kier molecular flexibility index (Phi) is 11.1. The number of halogens is 1. The molecule has 2 aliphatic heterocycles. The molecular weight excluding hydrogens is 836 g/mol. The third-order valence-corrected chi connectivity index (χ3v) is 14.5. The van der Waals surface area contributed by atoms with Crippen LogP contribution < -0.4 is 15.0 Å². The van der Waals surface area contributed by atoms with Crippen molar-refractivity contribution >= 4 is 40.4 Å². The highest BCUT2D eigenvalue weighted by Crippen LogP contribution is 2.45. The van der Waals surface area contributed by atoms with Crippen molar-refractivity contribution in [3.63, 3.8) is 0 Å². The Morgan fingerprint density at radius 1 is 1.02 bits per heavy atom. The molecule has 6 heterocycles. The van der Waals surface area contributed by atoms with Gasteiger partial charge in [-0.15, -0.1) is 31.7 Å². The van der Waals surface area contributed by atoms with Crippen LogP contribution in [-0.4, -0.2) is 79.0 Å². The lowest BCUT2D eigenvalue weighted by Crippen LogP contribution is -2.59. The first kappa shape index (κ1) is 41.1. The van der Waals surface area contributed by atoms with E-state index in [0.717, 1.165) is 97.3 Å². The Morgan fingerprint density at radius 3 is 2.57 bits per heavy atom. The van der Waals surface area contributed by atoms with Crippen molar-refractivity contribution in [2.45, 2.75) is 95.9 Å². The van der Waals surface area contributed by atoms with Crippen LogP contribution in [0.1, 0.15) is 105 Å². The van der Waals surface area contributed by atoms with Gasteiger partial charge in [-0.2, -0.15) is 5.26 Å². The number of carbonyl (C=O) groups excluding carboxylic acids is 1. The molecule has 0 bridgehead atoms. The minimum absolute atomic E-state index is 0.0228. The van der Waals surface area contributed by atoms with Gasteiger partial charge in [-0.3, -0.25) is 14.4 Å². The number of nitrogens with zero attached hydrogens (tertiary/aromatic N) is 9. The summed E-state index contributed by atoms with van der Waals surface area (Å²) >= 11 is 7.93. The number of hydrogen-bond acceptors (Lipinski definition) is 13. The molecule has 6 aromatic rings. The van der Waals surface area contributed by atoms with Crippen LogP contribution in [0.15, 0.2) is 76.5 Å². The van der Waals surface area contributed by atoms with Gasteiger partial charge in [0.25, 0.3) is 5.91 Å². The standard InChI is InChI=1S/C47H47ClN10O4S/c1-27-28(2)63-46-42(27)43(52-39(22-41-50-16-18-60-41)44-56-53-29(3)58(44)46)32-6-4-30(5-7-32)20-31-23-47(24-31)26-57(17-19-61-47)40-15-14-38(54-55-40)45(59)51-34-9-12-35(13-10-34)62-36-11-8-33(25-49)37(48)21-36/h4-8,11,14-16,18,21,31,34-35,39H,9-10,12-13,17,19-20,22-24,26H2,1-3H3,(H,51,59)/t31-,34-,35-,39-,47-/m0/s1. The predicted molar refractivity (Wildman–Crippen MR) is 238 cm³/mol. The molecule has 0 unspecified atom stereocenters. The molecule has 4 aliphatic rings. The number of aliphatic imine (C=N–C) groups is 1. The van der Waals surface area contributed by atoms with Crippen LogP contribution in [0.25, 0.3) is 5.00 Å². The van der Waals surface area contributed by atoms with Crippen molar-refractivity contribution in [2.24, 2.45) is 10.9 Å². The van der Waals surface area contributed by atoms with Crippen molar-refractivity contribution in [1.82, 2.24) is 35.3 Å². The number of nitrogens with one attached hydrogen (secondary N) is 1. The fourth-order valence-electron chi connectivity index (χ4n) is 9.65. The summed E-state index contributed by atoms with van der Waals surface area (Å²) in [6.45, 7) is 8.41. The van der Waals surface area contributed by atoms with Gasteiger partial charge in [-0.05, 0) is 107 Å². The highest BCUT2D eigenvalue weighted by Gasteiger charge is 2.48. The molecule has 63 heavy (non-hydrogen) atoms. The van der Waals surface area contributed by atoms with Gasteiger partial charge in [0, 0.05) is 41.2 Å². The number of nitriles is 1. The summed E-state index contributed by atoms with van der Waals surface area (Å²) < 4.78 is 20.4. The predicted octanol–water partition coefficient (Wildman–Crippen LogP) is 8.04. The highest BCUT2D eigenvalue weighted by molar-refractivity contribution is 7.15. The maximum atomic E-state index is 13.2. The van der Waals surface area contributed by atoms with E-state index >= 15 is 0 Å². The zero-order chi connectivity index (χ0) is 43.2. The Balaban J connectivity index is 0.740.